The molecular formula is C22H24N2O5. The van der Waals surface area contributed by atoms with E-state index in [1.165, 1.54) is 26.4 Å². The highest BCUT2D eigenvalue weighted by Crippen LogP contribution is 2.13. The smallest absolute Gasteiger partial charge is 0.356 e. The van der Waals surface area contributed by atoms with Crippen molar-refractivity contribution in [3.05, 3.63) is 58.9 Å². The van der Waals surface area contributed by atoms with E-state index in [4.69, 9.17) is 4.74 Å². The fourth-order valence-electron chi connectivity index (χ4n) is 2.37. The summed E-state index contributed by atoms with van der Waals surface area (Å²) < 4.78 is 15.0. The van der Waals surface area contributed by atoms with Crippen molar-refractivity contribution in [1.29, 1.82) is 0 Å². The minimum absolute atomic E-state index is 0.0128. The van der Waals surface area contributed by atoms with Crippen LogP contribution in [-0.4, -0.2) is 63.3 Å². The first kappa shape index (κ1) is 21.9. The summed E-state index contributed by atoms with van der Waals surface area (Å²) in [5, 5.41) is 0. The van der Waals surface area contributed by atoms with Gasteiger partial charge >= 0.3 is 11.9 Å². The third-order valence-electron chi connectivity index (χ3n) is 3.84. The second kappa shape index (κ2) is 10.8. The van der Waals surface area contributed by atoms with Crippen molar-refractivity contribution in [1.82, 2.24) is 9.88 Å². The van der Waals surface area contributed by atoms with E-state index in [2.05, 4.69) is 31.2 Å². The minimum Gasteiger partial charge on any atom is -0.494 e. The van der Waals surface area contributed by atoms with Crippen molar-refractivity contribution in [3.8, 4) is 17.6 Å². The van der Waals surface area contributed by atoms with E-state index in [1.54, 1.807) is 0 Å². The van der Waals surface area contributed by atoms with Crippen LogP contribution in [0.2, 0.25) is 0 Å². The number of pyridine rings is 1. The van der Waals surface area contributed by atoms with Crippen molar-refractivity contribution >= 4 is 11.9 Å². The van der Waals surface area contributed by atoms with Crippen LogP contribution >= 0.6 is 0 Å². The molecule has 1 aromatic heterocycles. The Morgan fingerprint density at radius 3 is 2.00 bits per heavy atom. The largest absolute Gasteiger partial charge is 0.494 e. The van der Waals surface area contributed by atoms with Gasteiger partial charge in [0.25, 0.3) is 0 Å². The van der Waals surface area contributed by atoms with Crippen LogP contribution in [0.5, 0.6) is 5.75 Å². The number of benzene rings is 1. The normalized spacial score (nSPS) is 10.1. The fourth-order valence-corrected chi connectivity index (χ4v) is 2.37. The van der Waals surface area contributed by atoms with Gasteiger partial charge in [0, 0.05) is 17.7 Å². The average Bonchev–Trinajstić information content (AvgIpc) is 2.74. The lowest BCUT2D eigenvalue weighted by Crippen LogP contribution is -2.15. The summed E-state index contributed by atoms with van der Waals surface area (Å²) in [5.41, 5.74) is 1.19. The predicted octanol–water partition coefficient (Wildman–Crippen LogP) is 2.39. The Labute approximate surface area is 170 Å². The summed E-state index contributed by atoms with van der Waals surface area (Å²) in [6, 6.07) is 10.3. The molecule has 2 aromatic rings. The van der Waals surface area contributed by atoms with Crippen LogP contribution in [0.4, 0.5) is 0 Å². The second-order valence-electron chi connectivity index (χ2n) is 6.39. The molecule has 0 N–H and O–H groups in total. The molecule has 0 spiro atoms. The number of methoxy groups -OCH3 is 2. The van der Waals surface area contributed by atoms with E-state index in [0.29, 0.717) is 12.2 Å². The number of aromatic nitrogens is 1. The molecule has 0 aliphatic carbocycles. The molecule has 1 aromatic carbocycles. The third kappa shape index (κ3) is 6.94. The van der Waals surface area contributed by atoms with Crippen LogP contribution in [0.25, 0.3) is 0 Å². The number of carbonyl (C=O) groups is 2. The van der Waals surface area contributed by atoms with Gasteiger partial charge in [-0.15, -0.1) is 0 Å². The van der Waals surface area contributed by atoms with Gasteiger partial charge in [-0.2, -0.15) is 0 Å². The Kier molecular flexibility index (Phi) is 8.19. The van der Waals surface area contributed by atoms with Gasteiger partial charge in [-0.05, 0) is 56.9 Å². The van der Waals surface area contributed by atoms with Gasteiger partial charge in [0.2, 0.25) is 0 Å². The van der Waals surface area contributed by atoms with Crippen LogP contribution in [0.15, 0.2) is 36.4 Å². The SMILES string of the molecule is COC(=O)c1cc(C#Cc2ccc(OCCCN(C)C)cc2)cc(C(=O)OC)n1. The first-order chi connectivity index (χ1) is 13.9. The van der Waals surface area contributed by atoms with Crippen LogP contribution < -0.4 is 4.74 Å². The van der Waals surface area contributed by atoms with Crippen molar-refractivity contribution in [2.45, 2.75) is 6.42 Å². The number of carbonyl (C=O) groups excluding carboxylic acids is 2. The van der Waals surface area contributed by atoms with Gasteiger partial charge in [-0.25, -0.2) is 14.6 Å². The summed E-state index contributed by atoms with van der Waals surface area (Å²) >= 11 is 0. The molecule has 0 saturated heterocycles. The minimum atomic E-state index is -0.658. The third-order valence-corrected chi connectivity index (χ3v) is 3.84. The van der Waals surface area contributed by atoms with Crippen molar-refractivity contribution < 1.29 is 23.8 Å². The summed E-state index contributed by atoms with van der Waals surface area (Å²) in [6.45, 7) is 1.61. The second-order valence-corrected chi connectivity index (χ2v) is 6.39. The number of nitrogens with zero attached hydrogens (tertiary/aromatic N) is 2. The van der Waals surface area contributed by atoms with Crippen LogP contribution in [-0.2, 0) is 9.47 Å². The molecule has 7 nitrogen and oxygen atoms in total. The number of hydrogen-bond acceptors (Lipinski definition) is 7. The molecule has 0 aliphatic rings. The molecule has 2 rings (SSSR count). The van der Waals surface area contributed by atoms with E-state index in [-0.39, 0.29) is 11.4 Å². The van der Waals surface area contributed by atoms with Crippen molar-refractivity contribution in [2.24, 2.45) is 0 Å². The zero-order valence-corrected chi connectivity index (χ0v) is 17.0. The molecule has 0 bridgehead atoms. The summed E-state index contributed by atoms with van der Waals surface area (Å²) in [4.78, 5) is 29.6. The quantitative estimate of drug-likeness (QED) is 0.404. The molecule has 0 saturated carbocycles. The predicted molar refractivity (Wildman–Crippen MR) is 108 cm³/mol. The molecule has 1 heterocycles. The number of rotatable bonds is 7. The standard InChI is InChI=1S/C22H24N2O5/c1-24(2)12-5-13-29-18-10-8-16(9-11-18)6-7-17-14-19(21(25)27-3)23-20(15-17)22(26)28-4/h8-11,14-15H,5,12-13H2,1-4H3. The highest BCUT2D eigenvalue weighted by atomic mass is 16.5. The molecular weight excluding hydrogens is 372 g/mol. The Morgan fingerprint density at radius 1 is 0.931 bits per heavy atom. The summed E-state index contributed by atoms with van der Waals surface area (Å²) in [5.74, 6) is 5.39. The molecule has 0 radical (unpaired) electrons. The van der Waals surface area contributed by atoms with E-state index in [0.717, 1.165) is 24.3 Å². The lowest BCUT2D eigenvalue weighted by molar-refractivity contribution is 0.0585. The highest BCUT2D eigenvalue weighted by molar-refractivity contribution is 5.92. The maximum absolute atomic E-state index is 11.8. The van der Waals surface area contributed by atoms with Gasteiger partial charge in [0.1, 0.15) is 5.75 Å². The van der Waals surface area contributed by atoms with E-state index in [9.17, 15) is 9.59 Å². The Hall–Kier alpha value is -3.37. The van der Waals surface area contributed by atoms with Gasteiger partial charge in [-0.3, -0.25) is 0 Å². The monoisotopic (exact) mass is 396 g/mol. The number of esters is 2. The van der Waals surface area contributed by atoms with E-state index >= 15 is 0 Å². The molecule has 29 heavy (non-hydrogen) atoms. The molecule has 0 amide bonds. The van der Waals surface area contributed by atoms with Crippen molar-refractivity contribution in [3.63, 3.8) is 0 Å². The maximum atomic E-state index is 11.8. The Bertz CT molecular complexity index is 877. The number of ether oxygens (including phenoxy) is 3. The van der Waals surface area contributed by atoms with Crippen molar-refractivity contribution in [2.75, 3.05) is 41.5 Å². The Balaban J connectivity index is 2.13. The van der Waals surface area contributed by atoms with Crippen LogP contribution in [0.3, 0.4) is 0 Å². The van der Waals surface area contributed by atoms with Gasteiger partial charge in [0.15, 0.2) is 11.4 Å². The van der Waals surface area contributed by atoms with Gasteiger partial charge in [-0.1, -0.05) is 11.8 Å². The number of hydrogen-bond donors (Lipinski definition) is 0. The van der Waals surface area contributed by atoms with Gasteiger partial charge in [0.05, 0.1) is 20.8 Å². The lowest BCUT2D eigenvalue weighted by Gasteiger charge is -2.10. The molecule has 0 atom stereocenters. The molecule has 0 unspecified atom stereocenters. The summed E-state index contributed by atoms with van der Waals surface area (Å²) in [7, 11) is 6.53. The first-order valence-corrected chi connectivity index (χ1v) is 9.01. The summed E-state index contributed by atoms with van der Waals surface area (Å²) in [6.07, 6.45) is 0.946. The topological polar surface area (TPSA) is 78.0 Å². The Morgan fingerprint density at radius 2 is 1.48 bits per heavy atom. The van der Waals surface area contributed by atoms with E-state index in [1.807, 2.05) is 38.4 Å². The molecule has 0 fully saturated rings. The average molecular weight is 396 g/mol. The maximum Gasteiger partial charge on any atom is 0.356 e. The van der Waals surface area contributed by atoms with E-state index < -0.39 is 11.9 Å². The molecule has 0 aliphatic heterocycles. The first-order valence-electron chi connectivity index (χ1n) is 9.01. The lowest BCUT2D eigenvalue weighted by atomic mass is 10.1. The zero-order chi connectivity index (χ0) is 21.2. The zero-order valence-electron chi connectivity index (χ0n) is 17.0. The highest BCUT2D eigenvalue weighted by Gasteiger charge is 2.15. The fraction of sp³-hybridized carbons (Fsp3) is 0.318. The van der Waals surface area contributed by atoms with Crippen LogP contribution in [0, 0.1) is 11.8 Å². The van der Waals surface area contributed by atoms with Gasteiger partial charge < -0.3 is 19.1 Å². The van der Waals surface area contributed by atoms with Crippen LogP contribution in [0.1, 0.15) is 38.5 Å². The molecule has 7 heteroatoms. The molecule has 152 valence electrons.